The number of hydrogen-bond donors (Lipinski definition) is 1. The third kappa shape index (κ3) is 5.47. The van der Waals surface area contributed by atoms with Crippen molar-refractivity contribution in [1.82, 2.24) is 5.32 Å². The number of rotatable bonds is 5. The molecule has 1 N–H and O–H groups in total. The van der Waals surface area contributed by atoms with Crippen LogP contribution in [0, 0.1) is 0 Å². The van der Waals surface area contributed by atoms with E-state index < -0.39 is 12.1 Å². The van der Waals surface area contributed by atoms with Crippen LogP contribution in [0.5, 0.6) is 11.5 Å². The summed E-state index contributed by atoms with van der Waals surface area (Å²) in [5, 5.41) is 2.89. The summed E-state index contributed by atoms with van der Waals surface area (Å²) in [6, 6.07) is 5.26. The summed E-state index contributed by atoms with van der Waals surface area (Å²) in [5.41, 5.74) is 0.761. The highest BCUT2D eigenvalue weighted by Crippen LogP contribution is 2.28. The van der Waals surface area contributed by atoms with E-state index in [0.29, 0.717) is 11.5 Å². The van der Waals surface area contributed by atoms with Crippen LogP contribution in [0.25, 0.3) is 0 Å². The number of esters is 1. The van der Waals surface area contributed by atoms with E-state index in [1.807, 2.05) is 0 Å². The molecule has 1 saturated carbocycles. The Bertz CT molecular complexity index is 552. The Morgan fingerprint density at radius 2 is 1.91 bits per heavy atom. The van der Waals surface area contributed by atoms with E-state index in [4.69, 9.17) is 14.2 Å². The van der Waals surface area contributed by atoms with Gasteiger partial charge in [0.15, 0.2) is 11.5 Å². The molecule has 0 saturated heterocycles. The van der Waals surface area contributed by atoms with E-state index in [2.05, 4.69) is 5.32 Å². The first-order valence-corrected chi connectivity index (χ1v) is 7.87. The zero-order valence-electron chi connectivity index (χ0n) is 13.6. The number of carbonyl (C=O) groups is 2. The molecule has 0 heterocycles. The lowest BCUT2D eigenvalue weighted by atomic mass is 9.96. The van der Waals surface area contributed by atoms with Gasteiger partial charge in [0.2, 0.25) is 0 Å². The summed E-state index contributed by atoms with van der Waals surface area (Å²) in [4.78, 5) is 22.8. The van der Waals surface area contributed by atoms with E-state index in [1.54, 1.807) is 18.2 Å². The fraction of sp³-hybridized carbons (Fsp3) is 0.529. The van der Waals surface area contributed by atoms with Gasteiger partial charge in [0.25, 0.3) is 0 Å². The molecule has 1 aromatic rings. The smallest absolute Gasteiger partial charge is 0.407 e. The van der Waals surface area contributed by atoms with Crippen LogP contribution in [0.1, 0.15) is 44.6 Å². The Morgan fingerprint density at radius 1 is 1.17 bits per heavy atom. The molecule has 0 spiro atoms. The zero-order chi connectivity index (χ0) is 16.7. The topological polar surface area (TPSA) is 73.9 Å². The Kier molecular flexibility index (Phi) is 6.26. The quantitative estimate of drug-likeness (QED) is 0.666. The van der Waals surface area contributed by atoms with Gasteiger partial charge in [-0.25, -0.2) is 4.79 Å². The highest BCUT2D eigenvalue weighted by molar-refractivity contribution is 5.70. The normalized spacial score (nSPS) is 14.9. The molecular formula is C17H23NO5. The number of ether oxygens (including phenoxy) is 3. The molecule has 0 aliphatic heterocycles. The van der Waals surface area contributed by atoms with Gasteiger partial charge < -0.3 is 19.5 Å². The Labute approximate surface area is 136 Å². The van der Waals surface area contributed by atoms with Gasteiger partial charge in [-0.1, -0.05) is 25.3 Å². The molecule has 23 heavy (non-hydrogen) atoms. The van der Waals surface area contributed by atoms with Gasteiger partial charge in [-0.05, 0) is 30.5 Å². The van der Waals surface area contributed by atoms with Crippen LogP contribution in [-0.4, -0.2) is 25.2 Å². The van der Waals surface area contributed by atoms with Crippen LogP contribution in [-0.2, 0) is 16.1 Å². The van der Waals surface area contributed by atoms with E-state index in [-0.39, 0.29) is 12.6 Å². The Balaban J connectivity index is 1.87. The van der Waals surface area contributed by atoms with Crippen molar-refractivity contribution in [2.75, 3.05) is 7.11 Å². The standard InChI is InChI=1S/C17H23NO5/c1-12(19)23-15-9-8-13(10-16(15)21-2)11-22-17(20)18-14-6-4-3-5-7-14/h8-10,14H,3-7,11H2,1-2H3,(H,18,20). The molecule has 0 atom stereocenters. The summed E-state index contributed by atoms with van der Waals surface area (Å²) in [6.07, 6.45) is 5.17. The van der Waals surface area contributed by atoms with Crippen molar-refractivity contribution in [3.63, 3.8) is 0 Å². The molecule has 0 radical (unpaired) electrons. The summed E-state index contributed by atoms with van der Waals surface area (Å²) >= 11 is 0. The molecule has 6 heteroatoms. The molecule has 6 nitrogen and oxygen atoms in total. The van der Waals surface area contributed by atoms with Crippen LogP contribution >= 0.6 is 0 Å². The highest BCUT2D eigenvalue weighted by Gasteiger charge is 2.16. The van der Waals surface area contributed by atoms with Crippen LogP contribution in [0.3, 0.4) is 0 Å². The first-order chi connectivity index (χ1) is 11.1. The highest BCUT2D eigenvalue weighted by atomic mass is 16.6. The minimum Gasteiger partial charge on any atom is -0.493 e. The third-order valence-electron chi connectivity index (χ3n) is 3.78. The van der Waals surface area contributed by atoms with Gasteiger partial charge in [0, 0.05) is 13.0 Å². The van der Waals surface area contributed by atoms with Crippen LogP contribution in [0.4, 0.5) is 4.79 Å². The van der Waals surface area contributed by atoms with E-state index >= 15 is 0 Å². The van der Waals surface area contributed by atoms with Crippen molar-refractivity contribution in [3.05, 3.63) is 23.8 Å². The van der Waals surface area contributed by atoms with Gasteiger partial charge in [-0.3, -0.25) is 4.79 Å². The Hall–Kier alpha value is -2.24. The lowest BCUT2D eigenvalue weighted by molar-refractivity contribution is -0.132. The molecule has 1 aliphatic carbocycles. The lowest BCUT2D eigenvalue weighted by Crippen LogP contribution is -2.36. The van der Waals surface area contributed by atoms with Gasteiger partial charge in [-0.15, -0.1) is 0 Å². The fourth-order valence-corrected chi connectivity index (χ4v) is 2.65. The van der Waals surface area contributed by atoms with Crippen molar-refractivity contribution < 1.29 is 23.8 Å². The van der Waals surface area contributed by atoms with Crippen molar-refractivity contribution in [1.29, 1.82) is 0 Å². The second-order valence-corrected chi connectivity index (χ2v) is 5.63. The fourth-order valence-electron chi connectivity index (χ4n) is 2.65. The number of alkyl carbamates (subject to hydrolysis) is 1. The second-order valence-electron chi connectivity index (χ2n) is 5.63. The second kappa shape index (κ2) is 8.41. The molecule has 2 rings (SSSR count). The average molecular weight is 321 g/mol. The van der Waals surface area contributed by atoms with E-state index in [1.165, 1.54) is 20.5 Å². The number of methoxy groups -OCH3 is 1. The molecule has 0 unspecified atom stereocenters. The van der Waals surface area contributed by atoms with Crippen LogP contribution in [0.15, 0.2) is 18.2 Å². The largest absolute Gasteiger partial charge is 0.493 e. The lowest BCUT2D eigenvalue weighted by Gasteiger charge is -2.22. The molecule has 1 aliphatic rings. The maximum absolute atomic E-state index is 11.8. The van der Waals surface area contributed by atoms with Crippen molar-refractivity contribution in [3.8, 4) is 11.5 Å². The number of amides is 1. The molecular weight excluding hydrogens is 298 g/mol. The first kappa shape index (κ1) is 17.1. The molecule has 1 fully saturated rings. The summed E-state index contributed by atoms with van der Waals surface area (Å²) in [7, 11) is 1.49. The first-order valence-electron chi connectivity index (χ1n) is 7.87. The summed E-state index contributed by atoms with van der Waals surface area (Å²) in [6.45, 7) is 1.46. The predicted molar refractivity (Wildman–Crippen MR) is 84.5 cm³/mol. The van der Waals surface area contributed by atoms with E-state index in [9.17, 15) is 9.59 Å². The predicted octanol–water partition coefficient (Wildman–Crippen LogP) is 3.18. The SMILES string of the molecule is COc1cc(COC(=O)NC2CCCCC2)ccc1OC(C)=O. The molecule has 1 amide bonds. The maximum Gasteiger partial charge on any atom is 0.407 e. The van der Waals surface area contributed by atoms with Gasteiger partial charge in [0.1, 0.15) is 6.61 Å². The number of benzene rings is 1. The van der Waals surface area contributed by atoms with Gasteiger partial charge >= 0.3 is 12.1 Å². The molecule has 0 bridgehead atoms. The molecule has 1 aromatic carbocycles. The van der Waals surface area contributed by atoms with Gasteiger partial charge in [-0.2, -0.15) is 0 Å². The number of hydrogen-bond acceptors (Lipinski definition) is 5. The van der Waals surface area contributed by atoms with Crippen LogP contribution < -0.4 is 14.8 Å². The summed E-state index contributed by atoms with van der Waals surface area (Å²) < 4.78 is 15.5. The van der Waals surface area contributed by atoms with E-state index in [0.717, 1.165) is 31.2 Å². The Morgan fingerprint density at radius 3 is 2.57 bits per heavy atom. The van der Waals surface area contributed by atoms with Crippen molar-refractivity contribution in [2.24, 2.45) is 0 Å². The maximum atomic E-state index is 11.8. The average Bonchev–Trinajstić information content (AvgIpc) is 2.54. The minimum atomic E-state index is -0.417. The molecule has 0 aromatic heterocycles. The number of nitrogens with one attached hydrogen (secondary N) is 1. The van der Waals surface area contributed by atoms with Crippen molar-refractivity contribution in [2.45, 2.75) is 51.7 Å². The summed E-state index contributed by atoms with van der Waals surface area (Å²) in [5.74, 6) is 0.351. The third-order valence-corrected chi connectivity index (χ3v) is 3.78. The van der Waals surface area contributed by atoms with Crippen LogP contribution in [0.2, 0.25) is 0 Å². The monoisotopic (exact) mass is 321 g/mol. The van der Waals surface area contributed by atoms with Gasteiger partial charge in [0.05, 0.1) is 7.11 Å². The number of carbonyl (C=O) groups excluding carboxylic acids is 2. The van der Waals surface area contributed by atoms with Crippen molar-refractivity contribution >= 4 is 12.1 Å². The molecule has 126 valence electrons. The minimum absolute atomic E-state index is 0.134. The zero-order valence-corrected chi connectivity index (χ0v) is 13.6.